The molecule has 1 unspecified atom stereocenters. The number of anilines is 1. The number of nitrogens with one attached hydrogen (secondary N) is 1. The van der Waals surface area contributed by atoms with Gasteiger partial charge in [0.05, 0.1) is 17.4 Å². The minimum atomic E-state index is -0.108. The zero-order valence-corrected chi connectivity index (χ0v) is 18.1. The number of thiazole rings is 1. The second-order valence-corrected chi connectivity index (χ2v) is 10.3. The fourth-order valence-electron chi connectivity index (χ4n) is 4.34. The zero-order valence-electron chi connectivity index (χ0n) is 16.5. The largest absolute Gasteiger partial charge is 0.302 e. The molecule has 3 heterocycles. The van der Waals surface area contributed by atoms with Crippen LogP contribution in [0.4, 0.5) is 5.13 Å². The molecule has 3 aromatic heterocycles. The normalized spacial score (nSPS) is 18.4. The van der Waals surface area contributed by atoms with E-state index in [1.807, 2.05) is 0 Å². The van der Waals surface area contributed by atoms with Crippen LogP contribution in [0.1, 0.15) is 53.6 Å². The second-order valence-electron chi connectivity index (χ2n) is 8.17. The van der Waals surface area contributed by atoms with Crippen molar-refractivity contribution in [1.29, 1.82) is 0 Å². The third-order valence-corrected chi connectivity index (χ3v) is 8.19. The zero-order chi connectivity index (χ0) is 20.0. The molecule has 2 aliphatic carbocycles. The Hall–Kier alpha value is -2.06. The summed E-state index contributed by atoms with van der Waals surface area (Å²) < 4.78 is 1.58. The van der Waals surface area contributed by atoms with Crippen molar-refractivity contribution in [2.24, 2.45) is 5.92 Å². The average molecular weight is 429 g/mol. The van der Waals surface area contributed by atoms with Crippen molar-refractivity contribution in [3.8, 4) is 0 Å². The van der Waals surface area contributed by atoms with Crippen LogP contribution in [0, 0.1) is 5.92 Å². The van der Waals surface area contributed by atoms with Crippen LogP contribution < -0.4 is 10.9 Å². The summed E-state index contributed by atoms with van der Waals surface area (Å²) in [7, 11) is 0. The molecule has 0 radical (unpaired) electrons. The van der Waals surface area contributed by atoms with Gasteiger partial charge >= 0.3 is 0 Å². The lowest BCUT2D eigenvalue weighted by atomic mass is 9.93. The second kappa shape index (κ2) is 7.65. The van der Waals surface area contributed by atoms with E-state index in [-0.39, 0.29) is 17.9 Å². The molecule has 0 fully saturated rings. The van der Waals surface area contributed by atoms with Crippen LogP contribution in [-0.2, 0) is 37.0 Å². The Morgan fingerprint density at radius 1 is 1.24 bits per heavy atom. The van der Waals surface area contributed by atoms with Gasteiger partial charge in [-0.15, -0.1) is 22.7 Å². The lowest BCUT2D eigenvalue weighted by molar-refractivity contribution is -0.116. The summed E-state index contributed by atoms with van der Waals surface area (Å²) in [6.45, 7) is 2.59. The van der Waals surface area contributed by atoms with Gasteiger partial charge in [-0.3, -0.25) is 14.2 Å². The summed E-state index contributed by atoms with van der Waals surface area (Å²) in [5.41, 5.74) is 2.31. The van der Waals surface area contributed by atoms with Crippen LogP contribution in [0.2, 0.25) is 0 Å². The van der Waals surface area contributed by atoms with E-state index in [0.717, 1.165) is 54.4 Å². The number of carbonyl (C=O) groups is 1. The molecule has 5 rings (SSSR count). The van der Waals surface area contributed by atoms with Crippen molar-refractivity contribution >= 4 is 43.9 Å². The molecule has 0 saturated heterocycles. The van der Waals surface area contributed by atoms with E-state index in [2.05, 4.69) is 22.2 Å². The van der Waals surface area contributed by atoms with Gasteiger partial charge in [0.25, 0.3) is 5.56 Å². The van der Waals surface area contributed by atoms with Crippen molar-refractivity contribution in [3.05, 3.63) is 37.7 Å². The summed E-state index contributed by atoms with van der Waals surface area (Å²) in [5, 5.41) is 4.38. The highest BCUT2D eigenvalue weighted by Gasteiger charge is 2.22. The number of aromatic nitrogens is 3. The predicted molar refractivity (Wildman–Crippen MR) is 117 cm³/mol. The molecule has 1 N–H and O–H groups in total. The number of aryl methyl sites for hydroxylation is 4. The molecular weight excluding hydrogens is 404 g/mol. The number of nitrogens with zero attached hydrogens (tertiary/aromatic N) is 3. The van der Waals surface area contributed by atoms with Gasteiger partial charge in [-0.25, -0.2) is 9.97 Å². The van der Waals surface area contributed by atoms with Crippen LogP contribution in [0.15, 0.2) is 11.1 Å². The molecule has 0 bridgehead atoms. The standard InChI is InChI=1S/C21H24N4O2S2/c1-12-6-7-14-16(10-12)29-21(23-14)24-17(26)8-9-25-11-22-19-18(20(25)27)13-4-2-3-5-15(13)28-19/h11-12H,2-10H2,1H3,(H,23,24,26). The van der Waals surface area contributed by atoms with Crippen LogP contribution in [0.25, 0.3) is 10.2 Å². The molecule has 0 aromatic carbocycles. The van der Waals surface area contributed by atoms with Gasteiger partial charge in [0.1, 0.15) is 4.83 Å². The molecular formula is C21H24N4O2S2. The first kappa shape index (κ1) is 18.9. The molecule has 2 aliphatic rings. The van der Waals surface area contributed by atoms with E-state index in [9.17, 15) is 9.59 Å². The number of hydrogen-bond donors (Lipinski definition) is 1. The highest BCUT2D eigenvalue weighted by atomic mass is 32.1. The maximum Gasteiger partial charge on any atom is 0.262 e. The Labute approximate surface area is 177 Å². The minimum Gasteiger partial charge on any atom is -0.302 e. The first-order valence-electron chi connectivity index (χ1n) is 10.4. The van der Waals surface area contributed by atoms with E-state index in [1.54, 1.807) is 33.6 Å². The number of fused-ring (bicyclic) bond motifs is 4. The summed E-state index contributed by atoms with van der Waals surface area (Å²) in [6, 6.07) is 0. The first-order valence-corrected chi connectivity index (χ1v) is 12.0. The fourth-order valence-corrected chi connectivity index (χ4v) is 6.74. The van der Waals surface area contributed by atoms with Crippen molar-refractivity contribution in [2.45, 2.75) is 64.8 Å². The Morgan fingerprint density at radius 3 is 3.00 bits per heavy atom. The summed E-state index contributed by atoms with van der Waals surface area (Å²) in [4.78, 5) is 38.0. The van der Waals surface area contributed by atoms with Gasteiger partial charge in [-0.05, 0) is 56.4 Å². The molecule has 152 valence electrons. The summed E-state index contributed by atoms with van der Waals surface area (Å²) in [5.74, 6) is 0.576. The highest BCUT2D eigenvalue weighted by molar-refractivity contribution is 7.18. The van der Waals surface area contributed by atoms with Crippen molar-refractivity contribution in [3.63, 3.8) is 0 Å². The number of thiophene rings is 1. The monoisotopic (exact) mass is 428 g/mol. The van der Waals surface area contributed by atoms with Gasteiger partial charge in [-0.2, -0.15) is 0 Å². The van der Waals surface area contributed by atoms with E-state index in [0.29, 0.717) is 17.6 Å². The van der Waals surface area contributed by atoms with E-state index >= 15 is 0 Å². The molecule has 1 amide bonds. The molecule has 0 spiro atoms. The molecule has 29 heavy (non-hydrogen) atoms. The van der Waals surface area contributed by atoms with Gasteiger partial charge in [0, 0.05) is 22.7 Å². The molecule has 0 aliphatic heterocycles. The lowest BCUT2D eigenvalue weighted by Gasteiger charge is -2.15. The van der Waals surface area contributed by atoms with Crippen molar-refractivity contribution in [1.82, 2.24) is 14.5 Å². The summed E-state index contributed by atoms with van der Waals surface area (Å²) in [6.07, 6.45) is 9.36. The van der Waals surface area contributed by atoms with Crippen molar-refractivity contribution < 1.29 is 4.79 Å². The predicted octanol–water partition coefficient (Wildman–Crippen LogP) is 3.95. The maximum absolute atomic E-state index is 13.0. The highest BCUT2D eigenvalue weighted by Crippen LogP contribution is 2.34. The maximum atomic E-state index is 13.0. The minimum absolute atomic E-state index is 0.0131. The SMILES string of the molecule is CC1CCc2nc(NC(=O)CCn3cnc4sc5c(c4c3=O)CCCC5)sc2C1. The fraction of sp³-hybridized carbons (Fsp3) is 0.524. The van der Waals surface area contributed by atoms with Gasteiger partial charge in [0.15, 0.2) is 5.13 Å². The van der Waals surface area contributed by atoms with E-state index in [1.165, 1.54) is 21.7 Å². The molecule has 8 heteroatoms. The quantitative estimate of drug-likeness (QED) is 0.683. The molecule has 1 atom stereocenters. The molecule has 0 saturated carbocycles. The number of carbonyl (C=O) groups excluding carboxylic acids is 1. The van der Waals surface area contributed by atoms with E-state index in [4.69, 9.17) is 0 Å². The Morgan fingerprint density at radius 2 is 2.10 bits per heavy atom. The third-order valence-electron chi connectivity index (χ3n) is 5.95. The topological polar surface area (TPSA) is 76.9 Å². The first-order chi connectivity index (χ1) is 14.1. The van der Waals surface area contributed by atoms with Crippen LogP contribution >= 0.6 is 22.7 Å². The van der Waals surface area contributed by atoms with Crippen LogP contribution in [0.3, 0.4) is 0 Å². The molecule has 6 nitrogen and oxygen atoms in total. The van der Waals surface area contributed by atoms with Gasteiger partial charge < -0.3 is 5.32 Å². The third kappa shape index (κ3) is 3.64. The Balaban J connectivity index is 1.29. The Kier molecular flexibility index (Phi) is 4.99. The number of rotatable bonds is 4. The van der Waals surface area contributed by atoms with Crippen molar-refractivity contribution in [2.75, 3.05) is 5.32 Å². The average Bonchev–Trinajstić information content (AvgIpc) is 3.27. The van der Waals surface area contributed by atoms with E-state index < -0.39 is 0 Å². The summed E-state index contributed by atoms with van der Waals surface area (Å²) >= 11 is 3.24. The lowest BCUT2D eigenvalue weighted by Crippen LogP contribution is -2.24. The smallest absolute Gasteiger partial charge is 0.262 e. The molecule has 3 aromatic rings. The number of amides is 1. The van der Waals surface area contributed by atoms with Gasteiger partial charge in [-0.1, -0.05) is 6.92 Å². The van der Waals surface area contributed by atoms with Gasteiger partial charge in [0.2, 0.25) is 5.91 Å². The van der Waals surface area contributed by atoms with Crippen LogP contribution in [-0.4, -0.2) is 20.4 Å². The van der Waals surface area contributed by atoms with Crippen LogP contribution in [0.5, 0.6) is 0 Å². The number of hydrogen-bond acceptors (Lipinski definition) is 6. The Bertz CT molecular complexity index is 1140.